The number of rotatable bonds is 4. The normalized spacial score (nSPS) is 22.1. The van der Waals surface area contributed by atoms with E-state index in [0.717, 1.165) is 41.7 Å². The first-order valence-electron chi connectivity index (χ1n) is 6.59. The lowest BCUT2D eigenvalue weighted by atomic mass is 9.93. The molecule has 2 heterocycles. The Morgan fingerprint density at radius 3 is 2.94 bits per heavy atom. The molecule has 2 rings (SSSR count). The van der Waals surface area contributed by atoms with Crippen LogP contribution in [0.1, 0.15) is 31.2 Å². The van der Waals surface area contributed by atoms with Crippen molar-refractivity contribution in [2.45, 2.75) is 38.7 Å². The molecule has 0 aromatic carbocycles. The summed E-state index contributed by atoms with van der Waals surface area (Å²) in [7, 11) is 1.93. The number of aliphatic hydroxyl groups is 1. The van der Waals surface area contributed by atoms with Gasteiger partial charge in [-0.15, -0.1) is 0 Å². The average molecular weight is 317 g/mol. The van der Waals surface area contributed by atoms with Gasteiger partial charge in [0, 0.05) is 26.0 Å². The van der Waals surface area contributed by atoms with Gasteiger partial charge in [-0.25, -0.2) is 0 Å². The van der Waals surface area contributed by atoms with E-state index in [2.05, 4.69) is 28.0 Å². The van der Waals surface area contributed by atoms with Crippen molar-refractivity contribution in [1.29, 1.82) is 0 Å². The van der Waals surface area contributed by atoms with Crippen molar-refractivity contribution in [3.63, 3.8) is 0 Å². The Bertz CT molecular complexity index is 400. The molecule has 0 aliphatic carbocycles. The average Bonchev–Trinajstić information content (AvgIpc) is 2.67. The molecule has 1 aliphatic rings. The van der Waals surface area contributed by atoms with Crippen LogP contribution in [0.2, 0.25) is 0 Å². The summed E-state index contributed by atoms with van der Waals surface area (Å²) < 4.78 is 8.35. The lowest BCUT2D eigenvalue weighted by molar-refractivity contribution is -0.00912. The Hall–Kier alpha value is -0.390. The van der Waals surface area contributed by atoms with Crippen molar-refractivity contribution in [3.05, 3.63) is 15.9 Å². The molecule has 0 radical (unpaired) electrons. The first-order chi connectivity index (χ1) is 8.63. The van der Waals surface area contributed by atoms with Gasteiger partial charge in [0.2, 0.25) is 0 Å². The van der Waals surface area contributed by atoms with Crippen LogP contribution in [0.4, 0.5) is 0 Å². The zero-order valence-corrected chi connectivity index (χ0v) is 12.6. The number of aliphatic hydroxyl groups excluding tert-OH is 1. The summed E-state index contributed by atoms with van der Waals surface area (Å²) in [5.74, 6) is 0.255. The Kier molecular flexibility index (Phi) is 4.81. The van der Waals surface area contributed by atoms with Crippen LogP contribution in [-0.2, 0) is 24.6 Å². The van der Waals surface area contributed by atoms with Gasteiger partial charge in [-0.1, -0.05) is 6.92 Å². The van der Waals surface area contributed by atoms with E-state index in [1.165, 1.54) is 0 Å². The van der Waals surface area contributed by atoms with Crippen molar-refractivity contribution >= 4 is 15.9 Å². The highest BCUT2D eigenvalue weighted by atomic mass is 79.9. The minimum atomic E-state index is -0.346. The largest absolute Gasteiger partial charge is 0.392 e. The summed E-state index contributed by atoms with van der Waals surface area (Å²) in [4.78, 5) is 0. The molecule has 0 amide bonds. The molecule has 2 atom stereocenters. The number of hydrogen-bond donors (Lipinski definition) is 1. The molecule has 1 aromatic heterocycles. The molecule has 1 aliphatic heterocycles. The molecule has 5 heteroatoms. The van der Waals surface area contributed by atoms with Gasteiger partial charge in [-0.05, 0) is 35.2 Å². The van der Waals surface area contributed by atoms with E-state index >= 15 is 0 Å². The summed E-state index contributed by atoms with van der Waals surface area (Å²) >= 11 is 3.59. The van der Waals surface area contributed by atoms with Crippen LogP contribution >= 0.6 is 15.9 Å². The fraction of sp³-hybridized carbons (Fsp3) is 0.769. The molecule has 0 saturated carbocycles. The standard InChI is InChI=1S/C13H21BrN2O2/c1-3-10-13(14)11(16(2)15-10)7-12(17)9-5-4-6-18-8-9/h9,12,17H,3-8H2,1-2H3. The van der Waals surface area contributed by atoms with Gasteiger partial charge >= 0.3 is 0 Å². The number of ether oxygens (including phenoxy) is 1. The highest BCUT2D eigenvalue weighted by Gasteiger charge is 2.25. The molecule has 18 heavy (non-hydrogen) atoms. The van der Waals surface area contributed by atoms with E-state index in [9.17, 15) is 5.11 Å². The quantitative estimate of drug-likeness (QED) is 0.925. The van der Waals surface area contributed by atoms with Gasteiger partial charge in [0.05, 0.1) is 28.6 Å². The van der Waals surface area contributed by atoms with E-state index in [1.807, 2.05) is 11.7 Å². The van der Waals surface area contributed by atoms with Crippen LogP contribution < -0.4 is 0 Å². The monoisotopic (exact) mass is 316 g/mol. The van der Waals surface area contributed by atoms with Gasteiger partial charge in [0.25, 0.3) is 0 Å². The molecule has 1 aromatic rings. The SMILES string of the molecule is CCc1nn(C)c(CC(O)C2CCCOC2)c1Br. The lowest BCUT2D eigenvalue weighted by Crippen LogP contribution is -2.31. The first kappa shape index (κ1) is 14.0. The maximum atomic E-state index is 10.3. The number of nitrogens with zero attached hydrogens (tertiary/aromatic N) is 2. The molecular weight excluding hydrogens is 296 g/mol. The van der Waals surface area contributed by atoms with Gasteiger partial charge in [0.1, 0.15) is 0 Å². The van der Waals surface area contributed by atoms with Gasteiger partial charge in [0.15, 0.2) is 0 Å². The predicted molar refractivity (Wildman–Crippen MR) is 73.5 cm³/mol. The Morgan fingerprint density at radius 2 is 2.39 bits per heavy atom. The van der Waals surface area contributed by atoms with Crippen LogP contribution in [0.25, 0.3) is 0 Å². The smallest absolute Gasteiger partial charge is 0.0766 e. The molecule has 2 unspecified atom stereocenters. The lowest BCUT2D eigenvalue weighted by Gasteiger charge is -2.26. The van der Waals surface area contributed by atoms with E-state index in [4.69, 9.17) is 4.74 Å². The highest BCUT2D eigenvalue weighted by Crippen LogP contribution is 2.26. The molecule has 1 fully saturated rings. The molecular formula is C13H21BrN2O2. The van der Waals surface area contributed by atoms with Crippen LogP contribution in [0.3, 0.4) is 0 Å². The summed E-state index contributed by atoms with van der Waals surface area (Å²) in [6.07, 6.45) is 3.29. The fourth-order valence-electron chi connectivity index (χ4n) is 2.48. The third kappa shape index (κ3) is 2.95. The van der Waals surface area contributed by atoms with E-state index in [0.29, 0.717) is 13.0 Å². The second-order valence-electron chi connectivity index (χ2n) is 4.93. The molecule has 1 saturated heterocycles. The second kappa shape index (κ2) is 6.17. The molecule has 0 bridgehead atoms. The summed E-state index contributed by atoms with van der Waals surface area (Å²) in [5, 5.41) is 14.8. The zero-order chi connectivity index (χ0) is 13.1. The molecule has 4 nitrogen and oxygen atoms in total. The van der Waals surface area contributed by atoms with Gasteiger partial charge in [-0.2, -0.15) is 5.10 Å². The Balaban J connectivity index is 2.06. The van der Waals surface area contributed by atoms with Gasteiger partial charge in [-0.3, -0.25) is 4.68 Å². The van der Waals surface area contributed by atoms with Crippen molar-refractivity contribution in [1.82, 2.24) is 9.78 Å². The van der Waals surface area contributed by atoms with Crippen molar-refractivity contribution in [2.75, 3.05) is 13.2 Å². The summed E-state index contributed by atoms with van der Waals surface area (Å²) in [5.41, 5.74) is 2.13. The molecule has 1 N–H and O–H groups in total. The first-order valence-corrected chi connectivity index (χ1v) is 7.38. The van der Waals surface area contributed by atoms with Crippen LogP contribution in [0, 0.1) is 5.92 Å². The third-order valence-electron chi connectivity index (χ3n) is 3.65. The van der Waals surface area contributed by atoms with Crippen LogP contribution in [0.5, 0.6) is 0 Å². The maximum absolute atomic E-state index is 10.3. The van der Waals surface area contributed by atoms with Crippen LogP contribution in [-0.4, -0.2) is 34.2 Å². The topological polar surface area (TPSA) is 47.3 Å². The highest BCUT2D eigenvalue weighted by molar-refractivity contribution is 9.10. The fourth-order valence-corrected chi connectivity index (χ4v) is 3.25. The third-order valence-corrected chi connectivity index (χ3v) is 4.56. The molecule has 102 valence electrons. The summed E-state index contributed by atoms with van der Waals surface area (Å²) in [6.45, 7) is 3.60. The molecule has 0 spiro atoms. The predicted octanol–water partition coefficient (Wildman–Crippen LogP) is 2.08. The number of aromatic nitrogens is 2. The van der Waals surface area contributed by atoms with E-state index in [-0.39, 0.29) is 12.0 Å². The van der Waals surface area contributed by atoms with E-state index in [1.54, 1.807) is 0 Å². The Labute approximate surface area is 116 Å². The minimum absolute atomic E-state index is 0.255. The maximum Gasteiger partial charge on any atom is 0.0766 e. The minimum Gasteiger partial charge on any atom is -0.392 e. The zero-order valence-electron chi connectivity index (χ0n) is 11.0. The van der Waals surface area contributed by atoms with Crippen molar-refractivity contribution < 1.29 is 9.84 Å². The summed E-state index contributed by atoms with van der Waals surface area (Å²) in [6, 6.07) is 0. The van der Waals surface area contributed by atoms with Crippen LogP contribution in [0.15, 0.2) is 4.47 Å². The number of halogens is 1. The van der Waals surface area contributed by atoms with Crippen molar-refractivity contribution in [3.8, 4) is 0 Å². The second-order valence-corrected chi connectivity index (χ2v) is 5.73. The van der Waals surface area contributed by atoms with E-state index < -0.39 is 0 Å². The van der Waals surface area contributed by atoms with Gasteiger partial charge < -0.3 is 9.84 Å². The van der Waals surface area contributed by atoms with Crippen molar-refractivity contribution in [2.24, 2.45) is 13.0 Å². The number of aryl methyl sites for hydroxylation is 2. The number of hydrogen-bond acceptors (Lipinski definition) is 3. The Morgan fingerprint density at radius 1 is 1.61 bits per heavy atom.